The number of hydrogen-bond acceptors (Lipinski definition) is 2. The molecule has 2 heteroatoms. The topological polar surface area (TPSA) is 26.3 Å². The van der Waals surface area contributed by atoms with Crippen LogP contribution < -0.4 is 0 Å². The van der Waals surface area contributed by atoms with Crippen LogP contribution in [0.4, 0.5) is 0 Å². The summed E-state index contributed by atoms with van der Waals surface area (Å²) in [5.41, 5.74) is 0. The fourth-order valence-corrected chi connectivity index (χ4v) is 6.69. The van der Waals surface area contributed by atoms with Crippen molar-refractivity contribution in [2.24, 2.45) is 41.4 Å². The van der Waals surface area contributed by atoms with E-state index in [1.165, 1.54) is 44.9 Å². The van der Waals surface area contributed by atoms with Crippen molar-refractivity contribution in [3.8, 4) is 0 Å². The minimum atomic E-state index is -0.0285. The molecule has 5 aliphatic rings. The van der Waals surface area contributed by atoms with Gasteiger partial charge in [0.2, 0.25) is 0 Å². The van der Waals surface area contributed by atoms with Crippen LogP contribution in [0.5, 0.6) is 0 Å². The van der Waals surface area contributed by atoms with E-state index >= 15 is 0 Å². The number of carbonyl (C=O) groups is 1. The molecule has 3 saturated carbocycles. The molecule has 0 heterocycles. The average Bonchev–Trinajstić information content (AvgIpc) is 3.49. The predicted molar refractivity (Wildman–Crippen MR) is 110 cm³/mol. The van der Waals surface area contributed by atoms with E-state index in [1.807, 2.05) is 6.92 Å². The molecule has 150 valence electrons. The van der Waals surface area contributed by atoms with Gasteiger partial charge in [-0.05, 0) is 80.5 Å². The van der Waals surface area contributed by atoms with E-state index in [2.05, 4.69) is 24.3 Å². The summed E-state index contributed by atoms with van der Waals surface area (Å²) >= 11 is 0. The lowest BCUT2D eigenvalue weighted by Crippen LogP contribution is -2.21. The zero-order chi connectivity index (χ0) is 18.6. The third kappa shape index (κ3) is 4.69. The molecule has 4 bridgehead atoms. The third-order valence-electron chi connectivity index (χ3n) is 8.03. The van der Waals surface area contributed by atoms with Crippen molar-refractivity contribution in [1.82, 2.24) is 0 Å². The van der Waals surface area contributed by atoms with Gasteiger partial charge in [-0.2, -0.15) is 0 Å². The molecule has 0 radical (unpaired) electrons. The van der Waals surface area contributed by atoms with Gasteiger partial charge < -0.3 is 4.74 Å². The first kappa shape index (κ1) is 19.3. The highest BCUT2D eigenvalue weighted by atomic mass is 16.5. The van der Waals surface area contributed by atoms with E-state index in [0.29, 0.717) is 13.0 Å². The molecule has 6 atom stereocenters. The number of carbonyl (C=O) groups excluding carboxylic acids is 1. The summed E-state index contributed by atoms with van der Waals surface area (Å²) in [5.74, 6) is 6.46. The van der Waals surface area contributed by atoms with Gasteiger partial charge in [0.15, 0.2) is 0 Å². The quantitative estimate of drug-likeness (QED) is 0.418. The zero-order valence-electron chi connectivity index (χ0n) is 17.2. The first-order chi connectivity index (χ1) is 13.2. The van der Waals surface area contributed by atoms with Crippen molar-refractivity contribution in [3.05, 3.63) is 24.3 Å². The Morgan fingerprint density at radius 1 is 0.889 bits per heavy atom. The molecule has 0 aromatic heterocycles. The lowest BCUT2D eigenvalue weighted by Gasteiger charge is -2.31. The van der Waals surface area contributed by atoms with E-state index in [1.54, 1.807) is 12.8 Å². The van der Waals surface area contributed by atoms with E-state index in [-0.39, 0.29) is 5.97 Å². The second-order valence-corrected chi connectivity index (χ2v) is 9.73. The highest BCUT2D eigenvalue weighted by molar-refractivity contribution is 5.69. The van der Waals surface area contributed by atoms with Crippen molar-refractivity contribution in [1.29, 1.82) is 0 Å². The van der Waals surface area contributed by atoms with Crippen molar-refractivity contribution in [2.45, 2.75) is 77.6 Å². The van der Waals surface area contributed by atoms with Gasteiger partial charge in [-0.1, -0.05) is 56.4 Å². The SMILES string of the molecule is C1=CC2CC1CC2C1CCCCC1.CCOC(=O)CCC1CC2C=CC1C2. The highest BCUT2D eigenvalue weighted by Gasteiger charge is 2.39. The van der Waals surface area contributed by atoms with Gasteiger partial charge in [-0.25, -0.2) is 0 Å². The van der Waals surface area contributed by atoms with E-state index in [4.69, 9.17) is 4.74 Å². The first-order valence-corrected chi connectivity index (χ1v) is 11.7. The molecule has 0 aliphatic heterocycles. The molecule has 6 unspecified atom stereocenters. The molecular formula is C25H38O2. The number of fused-ring (bicyclic) bond motifs is 4. The van der Waals surface area contributed by atoms with Crippen LogP contribution in [0.25, 0.3) is 0 Å². The Kier molecular flexibility index (Phi) is 6.40. The number of esters is 1. The molecular weight excluding hydrogens is 332 g/mol. The summed E-state index contributed by atoms with van der Waals surface area (Å²) in [4.78, 5) is 11.2. The van der Waals surface area contributed by atoms with Crippen LogP contribution in [0.2, 0.25) is 0 Å². The Morgan fingerprint density at radius 2 is 1.59 bits per heavy atom. The van der Waals surface area contributed by atoms with Crippen molar-refractivity contribution >= 4 is 5.97 Å². The average molecular weight is 371 g/mol. The molecule has 5 aliphatic carbocycles. The van der Waals surface area contributed by atoms with Crippen LogP contribution in [0, 0.1) is 41.4 Å². The Labute approximate surface area is 165 Å². The molecule has 0 amide bonds. The minimum absolute atomic E-state index is 0.0285. The summed E-state index contributed by atoms with van der Waals surface area (Å²) in [6, 6.07) is 0. The van der Waals surface area contributed by atoms with Gasteiger partial charge in [-0.3, -0.25) is 4.79 Å². The van der Waals surface area contributed by atoms with Crippen LogP contribution >= 0.6 is 0 Å². The highest BCUT2D eigenvalue weighted by Crippen LogP contribution is 2.50. The maximum Gasteiger partial charge on any atom is 0.305 e. The summed E-state index contributed by atoms with van der Waals surface area (Å²) in [6.07, 6.45) is 24.6. The predicted octanol–water partition coefficient (Wildman–Crippen LogP) is 6.32. The van der Waals surface area contributed by atoms with E-state index in [0.717, 1.165) is 47.8 Å². The lowest BCUT2D eigenvalue weighted by molar-refractivity contribution is -0.143. The second-order valence-electron chi connectivity index (χ2n) is 9.73. The summed E-state index contributed by atoms with van der Waals surface area (Å²) in [5, 5.41) is 0. The fourth-order valence-electron chi connectivity index (χ4n) is 6.69. The molecule has 0 N–H and O–H groups in total. The van der Waals surface area contributed by atoms with Crippen molar-refractivity contribution in [3.63, 3.8) is 0 Å². The van der Waals surface area contributed by atoms with Crippen molar-refractivity contribution < 1.29 is 9.53 Å². The summed E-state index contributed by atoms with van der Waals surface area (Å²) < 4.78 is 4.92. The van der Waals surface area contributed by atoms with E-state index in [9.17, 15) is 4.79 Å². The molecule has 0 saturated heterocycles. The van der Waals surface area contributed by atoms with Crippen LogP contribution in [0.1, 0.15) is 77.6 Å². The zero-order valence-corrected chi connectivity index (χ0v) is 17.2. The van der Waals surface area contributed by atoms with Crippen LogP contribution in [0.3, 0.4) is 0 Å². The first-order valence-electron chi connectivity index (χ1n) is 11.7. The van der Waals surface area contributed by atoms with E-state index < -0.39 is 0 Å². The molecule has 27 heavy (non-hydrogen) atoms. The molecule has 0 spiro atoms. The Bertz CT molecular complexity index is 557. The lowest BCUT2D eigenvalue weighted by atomic mass is 9.74. The standard InChI is InChI=1S/C13H20.C12H18O2/c1-2-4-11(5-3-1)13-9-10-6-7-12(13)8-10;1-2-14-12(13)6-5-11-8-9-3-4-10(11)7-9/h6-7,10-13H,1-5,8-9H2;3-4,9-11H,2,5-8H2,1H3. The van der Waals surface area contributed by atoms with Crippen LogP contribution in [0.15, 0.2) is 24.3 Å². The number of hydrogen-bond donors (Lipinski definition) is 0. The molecule has 2 nitrogen and oxygen atoms in total. The van der Waals surface area contributed by atoms with Gasteiger partial charge >= 0.3 is 5.97 Å². The maximum atomic E-state index is 11.2. The minimum Gasteiger partial charge on any atom is -0.466 e. The molecule has 3 fully saturated rings. The molecule has 5 rings (SSSR count). The van der Waals surface area contributed by atoms with Crippen LogP contribution in [-0.2, 0) is 9.53 Å². The number of allylic oxidation sites excluding steroid dienone is 4. The monoisotopic (exact) mass is 370 g/mol. The molecule has 0 aromatic rings. The maximum absolute atomic E-state index is 11.2. The summed E-state index contributed by atoms with van der Waals surface area (Å²) in [7, 11) is 0. The fraction of sp³-hybridized carbons (Fsp3) is 0.800. The Morgan fingerprint density at radius 3 is 2.15 bits per heavy atom. The number of ether oxygens (including phenoxy) is 1. The smallest absolute Gasteiger partial charge is 0.305 e. The molecule has 0 aromatic carbocycles. The largest absolute Gasteiger partial charge is 0.466 e. The third-order valence-corrected chi connectivity index (χ3v) is 8.03. The van der Waals surface area contributed by atoms with Gasteiger partial charge in [-0.15, -0.1) is 0 Å². The van der Waals surface area contributed by atoms with Gasteiger partial charge in [0, 0.05) is 6.42 Å². The van der Waals surface area contributed by atoms with Crippen LogP contribution in [-0.4, -0.2) is 12.6 Å². The second kappa shape index (κ2) is 8.97. The van der Waals surface area contributed by atoms with Gasteiger partial charge in [0.05, 0.1) is 6.61 Å². The van der Waals surface area contributed by atoms with Crippen molar-refractivity contribution in [2.75, 3.05) is 6.61 Å². The van der Waals surface area contributed by atoms with Gasteiger partial charge in [0.1, 0.15) is 0 Å². The Balaban J connectivity index is 0.000000134. The normalized spacial score (nSPS) is 38.9. The van der Waals surface area contributed by atoms with Gasteiger partial charge in [0.25, 0.3) is 0 Å². The number of rotatable bonds is 5. The summed E-state index contributed by atoms with van der Waals surface area (Å²) in [6.45, 7) is 2.37. The Hall–Kier alpha value is -1.05.